The summed E-state index contributed by atoms with van der Waals surface area (Å²) in [5, 5.41) is 0. The van der Waals surface area contributed by atoms with Gasteiger partial charge in [-0.2, -0.15) is 0 Å². The van der Waals surface area contributed by atoms with Crippen LogP contribution in [0.4, 0.5) is 0 Å². The molecule has 1 aliphatic rings. The normalized spacial score (nSPS) is 24.1. The van der Waals surface area contributed by atoms with Crippen molar-refractivity contribution in [2.75, 3.05) is 20.3 Å². The SMILES string of the molecule is CO[C@@H]1C[C@H](COCc2ccccc2)[C@@H](COC(=O)C(C)(C)C)C1. The molecule has 0 spiro atoms. The van der Waals surface area contributed by atoms with Crippen LogP contribution in [0.25, 0.3) is 0 Å². The molecule has 1 aromatic carbocycles. The van der Waals surface area contributed by atoms with Crippen molar-refractivity contribution in [2.24, 2.45) is 17.3 Å². The minimum absolute atomic E-state index is 0.146. The highest BCUT2D eigenvalue weighted by Gasteiger charge is 2.36. The van der Waals surface area contributed by atoms with E-state index in [-0.39, 0.29) is 12.1 Å². The minimum atomic E-state index is -0.460. The van der Waals surface area contributed by atoms with Gasteiger partial charge in [-0.25, -0.2) is 0 Å². The van der Waals surface area contributed by atoms with E-state index in [1.165, 1.54) is 5.56 Å². The van der Waals surface area contributed by atoms with E-state index in [0.29, 0.717) is 31.7 Å². The largest absolute Gasteiger partial charge is 0.465 e. The molecule has 0 radical (unpaired) electrons. The van der Waals surface area contributed by atoms with Gasteiger partial charge in [-0.3, -0.25) is 4.79 Å². The molecular weight excluding hydrogens is 304 g/mol. The second kappa shape index (κ2) is 8.63. The predicted octanol–water partition coefficient (Wildman–Crippen LogP) is 3.83. The zero-order chi connectivity index (χ0) is 17.6. The second-order valence-electron chi connectivity index (χ2n) is 7.70. The zero-order valence-electron chi connectivity index (χ0n) is 15.3. The van der Waals surface area contributed by atoms with E-state index in [2.05, 4.69) is 12.1 Å². The standard InChI is InChI=1S/C20H30O4/c1-20(2,3)19(21)24-14-17-11-18(22-4)10-16(17)13-23-12-15-8-6-5-7-9-15/h5-9,16-18H,10-14H2,1-4H3/t16-,17-,18-/m1/s1. The average molecular weight is 334 g/mol. The Morgan fingerprint density at radius 1 is 1.08 bits per heavy atom. The number of carbonyl (C=O) groups excluding carboxylic acids is 1. The lowest BCUT2D eigenvalue weighted by Gasteiger charge is -2.22. The molecule has 0 saturated heterocycles. The van der Waals surface area contributed by atoms with Crippen LogP contribution in [0.2, 0.25) is 0 Å². The van der Waals surface area contributed by atoms with Crippen LogP contribution >= 0.6 is 0 Å². The van der Waals surface area contributed by atoms with E-state index in [9.17, 15) is 4.79 Å². The molecule has 1 aromatic rings. The number of hydrogen-bond donors (Lipinski definition) is 0. The zero-order valence-corrected chi connectivity index (χ0v) is 15.3. The van der Waals surface area contributed by atoms with E-state index in [1.54, 1.807) is 7.11 Å². The Labute approximate surface area is 145 Å². The van der Waals surface area contributed by atoms with Crippen molar-refractivity contribution in [1.82, 2.24) is 0 Å². The maximum absolute atomic E-state index is 12.0. The summed E-state index contributed by atoms with van der Waals surface area (Å²) >= 11 is 0. The van der Waals surface area contributed by atoms with Gasteiger partial charge in [-0.1, -0.05) is 30.3 Å². The molecule has 0 amide bonds. The Bertz CT molecular complexity index is 506. The van der Waals surface area contributed by atoms with Crippen molar-refractivity contribution in [3.8, 4) is 0 Å². The lowest BCUT2D eigenvalue weighted by atomic mass is 9.96. The number of esters is 1. The molecule has 0 bridgehead atoms. The van der Waals surface area contributed by atoms with Crippen LogP contribution in [-0.2, 0) is 25.6 Å². The number of carbonyl (C=O) groups is 1. The maximum atomic E-state index is 12.0. The molecule has 4 heteroatoms. The molecule has 3 atom stereocenters. The Morgan fingerprint density at radius 2 is 1.71 bits per heavy atom. The molecule has 2 rings (SSSR count). The van der Waals surface area contributed by atoms with Crippen LogP contribution in [0.1, 0.15) is 39.2 Å². The fourth-order valence-corrected chi connectivity index (χ4v) is 3.06. The van der Waals surface area contributed by atoms with Gasteiger partial charge in [0.15, 0.2) is 0 Å². The topological polar surface area (TPSA) is 44.8 Å². The van der Waals surface area contributed by atoms with E-state index >= 15 is 0 Å². The molecular formula is C20H30O4. The number of hydrogen-bond acceptors (Lipinski definition) is 4. The van der Waals surface area contributed by atoms with Crippen LogP contribution in [-0.4, -0.2) is 32.4 Å². The third kappa shape index (κ3) is 5.60. The fraction of sp³-hybridized carbons (Fsp3) is 0.650. The molecule has 1 saturated carbocycles. The maximum Gasteiger partial charge on any atom is 0.311 e. The Balaban J connectivity index is 1.82. The van der Waals surface area contributed by atoms with Gasteiger partial charge < -0.3 is 14.2 Å². The Morgan fingerprint density at radius 3 is 2.29 bits per heavy atom. The van der Waals surface area contributed by atoms with Crippen molar-refractivity contribution < 1.29 is 19.0 Å². The van der Waals surface area contributed by atoms with Crippen molar-refractivity contribution in [3.63, 3.8) is 0 Å². The first kappa shape index (κ1) is 18.9. The van der Waals surface area contributed by atoms with Gasteiger partial charge in [0.1, 0.15) is 0 Å². The minimum Gasteiger partial charge on any atom is -0.465 e. The van der Waals surface area contributed by atoms with Crippen LogP contribution in [0.3, 0.4) is 0 Å². The summed E-state index contributed by atoms with van der Waals surface area (Å²) in [5.41, 5.74) is 0.716. The summed E-state index contributed by atoms with van der Waals surface area (Å²) in [7, 11) is 1.75. The molecule has 0 heterocycles. The Hall–Kier alpha value is -1.39. The van der Waals surface area contributed by atoms with E-state index in [1.807, 2.05) is 39.0 Å². The summed E-state index contributed by atoms with van der Waals surface area (Å²) < 4.78 is 16.9. The molecule has 1 aliphatic carbocycles. The number of methoxy groups -OCH3 is 1. The number of rotatable bonds is 7. The van der Waals surface area contributed by atoms with Gasteiger partial charge in [0.2, 0.25) is 0 Å². The average Bonchev–Trinajstić information content (AvgIpc) is 2.95. The van der Waals surface area contributed by atoms with Crippen molar-refractivity contribution >= 4 is 5.97 Å². The van der Waals surface area contributed by atoms with Crippen LogP contribution in [0.5, 0.6) is 0 Å². The molecule has 134 valence electrons. The monoisotopic (exact) mass is 334 g/mol. The van der Waals surface area contributed by atoms with Crippen LogP contribution < -0.4 is 0 Å². The first-order chi connectivity index (χ1) is 11.4. The van der Waals surface area contributed by atoms with Gasteiger partial charge in [0, 0.05) is 13.0 Å². The molecule has 0 aliphatic heterocycles. The number of ether oxygens (including phenoxy) is 3. The molecule has 24 heavy (non-hydrogen) atoms. The predicted molar refractivity (Wildman–Crippen MR) is 93.5 cm³/mol. The summed E-state index contributed by atoms with van der Waals surface area (Å²) in [6.45, 7) is 7.37. The summed E-state index contributed by atoms with van der Waals surface area (Å²) in [5.74, 6) is 0.524. The van der Waals surface area contributed by atoms with Gasteiger partial charge in [0.05, 0.1) is 31.3 Å². The fourth-order valence-electron chi connectivity index (χ4n) is 3.06. The second-order valence-corrected chi connectivity index (χ2v) is 7.70. The highest BCUT2D eigenvalue weighted by atomic mass is 16.5. The van der Waals surface area contributed by atoms with E-state index < -0.39 is 5.41 Å². The lowest BCUT2D eigenvalue weighted by molar-refractivity contribution is -0.155. The van der Waals surface area contributed by atoms with Crippen molar-refractivity contribution in [1.29, 1.82) is 0 Å². The van der Waals surface area contributed by atoms with Crippen LogP contribution in [0, 0.1) is 17.3 Å². The molecule has 4 nitrogen and oxygen atoms in total. The quantitative estimate of drug-likeness (QED) is 0.711. The summed E-state index contributed by atoms with van der Waals surface area (Å²) in [4.78, 5) is 12.0. The van der Waals surface area contributed by atoms with Gasteiger partial charge in [-0.15, -0.1) is 0 Å². The summed E-state index contributed by atoms with van der Waals surface area (Å²) in [6.07, 6.45) is 2.12. The van der Waals surface area contributed by atoms with Gasteiger partial charge >= 0.3 is 5.97 Å². The third-order valence-corrected chi connectivity index (χ3v) is 4.62. The van der Waals surface area contributed by atoms with Crippen LogP contribution in [0.15, 0.2) is 30.3 Å². The van der Waals surface area contributed by atoms with Crippen molar-refractivity contribution in [2.45, 2.75) is 46.3 Å². The number of benzene rings is 1. The molecule has 0 unspecified atom stereocenters. The Kier molecular flexibility index (Phi) is 6.81. The first-order valence-corrected chi connectivity index (χ1v) is 8.72. The van der Waals surface area contributed by atoms with E-state index in [0.717, 1.165) is 12.8 Å². The van der Waals surface area contributed by atoms with Gasteiger partial charge in [0.25, 0.3) is 0 Å². The highest BCUT2D eigenvalue weighted by Crippen LogP contribution is 2.34. The highest BCUT2D eigenvalue weighted by molar-refractivity contribution is 5.75. The third-order valence-electron chi connectivity index (χ3n) is 4.62. The first-order valence-electron chi connectivity index (χ1n) is 8.72. The summed E-state index contributed by atoms with van der Waals surface area (Å²) in [6, 6.07) is 10.2. The lowest BCUT2D eigenvalue weighted by Crippen LogP contribution is -2.27. The molecule has 0 N–H and O–H groups in total. The smallest absolute Gasteiger partial charge is 0.311 e. The van der Waals surface area contributed by atoms with Crippen molar-refractivity contribution in [3.05, 3.63) is 35.9 Å². The van der Waals surface area contributed by atoms with E-state index in [4.69, 9.17) is 14.2 Å². The van der Waals surface area contributed by atoms with Gasteiger partial charge in [-0.05, 0) is 45.1 Å². The molecule has 0 aromatic heterocycles. The molecule has 1 fully saturated rings.